The van der Waals surface area contributed by atoms with Crippen molar-refractivity contribution in [2.24, 2.45) is 10.7 Å². The van der Waals surface area contributed by atoms with E-state index in [1.54, 1.807) is 18.3 Å². The number of ether oxygens (including phenoxy) is 4. The molecule has 2 heterocycles. The van der Waals surface area contributed by atoms with Gasteiger partial charge in [-0.25, -0.2) is 14.2 Å². The smallest absolute Gasteiger partial charge is 0.350 e. The van der Waals surface area contributed by atoms with E-state index in [-0.39, 0.29) is 28.6 Å². The number of nitrogens with two attached hydrogens (primary N) is 1. The van der Waals surface area contributed by atoms with Crippen LogP contribution < -0.4 is 19.9 Å². The van der Waals surface area contributed by atoms with Crippen molar-refractivity contribution in [3.63, 3.8) is 0 Å². The maximum atomic E-state index is 15.7. The molecule has 3 aromatic rings. The van der Waals surface area contributed by atoms with Gasteiger partial charge in [-0.05, 0) is 69.1 Å². The number of benzene rings is 2. The van der Waals surface area contributed by atoms with Crippen LogP contribution >= 0.6 is 0 Å². The van der Waals surface area contributed by atoms with Crippen molar-refractivity contribution in [2.45, 2.75) is 50.3 Å². The molecule has 5 rings (SSSR count). The van der Waals surface area contributed by atoms with Gasteiger partial charge in [0.1, 0.15) is 23.5 Å². The van der Waals surface area contributed by atoms with Crippen LogP contribution in [0.25, 0.3) is 0 Å². The lowest BCUT2D eigenvalue weighted by molar-refractivity contribution is -0.160. The Labute approximate surface area is 252 Å². The van der Waals surface area contributed by atoms with Crippen molar-refractivity contribution in [3.8, 4) is 34.6 Å². The Balaban J connectivity index is 1.50. The average molecular weight is 610 g/mol. The highest BCUT2D eigenvalue weighted by molar-refractivity contribution is 5.95. The van der Waals surface area contributed by atoms with Crippen LogP contribution in [0.3, 0.4) is 0 Å². The van der Waals surface area contributed by atoms with Gasteiger partial charge < -0.3 is 29.8 Å². The van der Waals surface area contributed by atoms with E-state index in [1.165, 1.54) is 31.4 Å². The van der Waals surface area contributed by atoms with Gasteiger partial charge in [0.15, 0.2) is 17.3 Å². The van der Waals surface area contributed by atoms with Crippen LogP contribution in [-0.2, 0) is 9.53 Å². The first kappa shape index (κ1) is 30.7. The molecule has 0 bridgehead atoms. The molecular weight excluding hydrogens is 576 g/mol. The lowest BCUT2D eigenvalue weighted by Gasteiger charge is -2.31. The van der Waals surface area contributed by atoms with E-state index in [4.69, 9.17) is 30.1 Å². The number of halogens is 2. The third-order valence-corrected chi connectivity index (χ3v) is 7.66. The number of aliphatic imine (C=N–C) groups is 1. The molecule has 2 aliphatic rings. The van der Waals surface area contributed by atoms with E-state index in [1.807, 2.05) is 11.9 Å². The topological polar surface area (TPSA) is 153 Å². The second-order valence-electron chi connectivity index (χ2n) is 10.7. The van der Waals surface area contributed by atoms with Crippen molar-refractivity contribution in [1.29, 1.82) is 5.41 Å². The number of nitrogen functional groups attached to an aromatic ring is 1. The van der Waals surface area contributed by atoms with E-state index >= 15 is 8.78 Å². The lowest BCUT2D eigenvalue weighted by Crippen LogP contribution is -2.45. The summed E-state index contributed by atoms with van der Waals surface area (Å²) in [5.41, 5.74) is 5.00. The molecule has 1 aromatic heterocycles. The normalized spacial score (nSPS) is 18.0. The molecule has 1 fully saturated rings. The van der Waals surface area contributed by atoms with E-state index in [9.17, 15) is 9.90 Å². The van der Waals surface area contributed by atoms with Crippen LogP contribution in [0, 0.1) is 17.0 Å². The Hall–Kier alpha value is -4.78. The summed E-state index contributed by atoms with van der Waals surface area (Å²) in [5, 5.41) is 17.8. The lowest BCUT2D eigenvalue weighted by atomic mass is 9.94. The zero-order chi connectivity index (χ0) is 31.4. The zero-order valence-corrected chi connectivity index (χ0v) is 24.3. The largest absolute Gasteiger partial charge is 0.504 e. The summed E-state index contributed by atoms with van der Waals surface area (Å²) >= 11 is 0. The Kier molecular flexibility index (Phi) is 8.95. The van der Waals surface area contributed by atoms with Crippen LogP contribution in [0.5, 0.6) is 34.6 Å². The summed E-state index contributed by atoms with van der Waals surface area (Å²) in [6.07, 6.45) is 6.45. The van der Waals surface area contributed by atoms with E-state index < -0.39 is 41.0 Å². The third kappa shape index (κ3) is 6.27. The number of carbonyl (C=O) groups is 1. The third-order valence-electron chi connectivity index (χ3n) is 7.66. The minimum atomic E-state index is -1.27. The standard InChI is InChI=1S/C31H33F2N5O6/c1-38-14-13-36-28(38)20-16-19(44-31(30(40)41-2)11-5-3-4-6-12-31)8-10-23(20)42-26-21(32)17-37-29(25(26)33)43-24-15-18(27(34)35)7-9-22(24)39/h7-10,13,15-17,28,39H,3-6,11-12,14H2,1-2H3,(H3,34,35). The van der Waals surface area contributed by atoms with Gasteiger partial charge in [0.2, 0.25) is 17.2 Å². The number of amidine groups is 1. The molecule has 1 aliphatic heterocycles. The summed E-state index contributed by atoms with van der Waals surface area (Å²) in [6.45, 7) is 0.528. The van der Waals surface area contributed by atoms with E-state index in [0.29, 0.717) is 30.7 Å². The monoisotopic (exact) mass is 609 g/mol. The Morgan fingerprint density at radius 3 is 2.50 bits per heavy atom. The fraction of sp³-hybridized carbons (Fsp3) is 0.355. The molecule has 1 unspecified atom stereocenters. The Bertz CT molecular complexity index is 1590. The molecule has 1 saturated carbocycles. The van der Waals surface area contributed by atoms with Crippen LogP contribution in [0.15, 0.2) is 47.6 Å². The summed E-state index contributed by atoms with van der Waals surface area (Å²) in [7, 11) is 3.16. The van der Waals surface area contributed by atoms with E-state index in [0.717, 1.165) is 31.9 Å². The van der Waals surface area contributed by atoms with Gasteiger partial charge in [0, 0.05) is 23.9 Å². The van der Waals surface area contributed by atoms with Crippen LogP contribution in [0.1, 0.15) is 55.8 Å². The summed E-state index contributed by atoms with van der Waals surface area (Å²) < 4.78 is 53.4. The molecule has 1 aliphatic carbocycles. The van der Waals surface area contributed by atoms with Crippen LogP contribution in [-0.4, -0.2) is 59.3 Å². The predicted molar refractivity (Wildman–Crippen MR) is 157 cm³/mol. The zero-order valence-electron chi connectivity index (χ0n) is 24.3. The fourth-order valence-corrected chi connectivity index (χ4v) is 5.33. The number of hydrogen-bond acceptors (Lipinski definition) is 10. The number of esters is 1. The molecule has 0 radical (unpaired) electrons. The number of phenolic OH excluding ortho intramolecular Hbond substituents is 1. The highest BCUT2D eigenvalue weighted by Crippen LogP contribution is 2.42. The molecular formula is C31H33F2N5O6. The van der Waals surface area contributed by atoms with Gasteiger partial charge in [0.05, 0.1) is 13.3 Å². The quantitative estimate of drug-likeness (QED) is 0.122. The first-order valence-corrected chi connectivity index (χ1v) is 14.1. The second-order valence-corrected chi connectivity index (χ2v) is 10.7. The molecule has 44 heavy (non-hydrogen) atoms. The molecule has 232 valence electrons. The van der Waals surface area contributed by atoms with Crippen molar-refractivity contribution in [1.82, 2.24) is 9.88 Å². The molecule has 4 N–H and O–H groups in total. The van der Waals surface area contributed by atoms with Gasteiger partial charge in [-0.1, -0.05) is 12.8 Å². The van der Waals surface area contributed by atoms with Crippen LogP contribution in [0.2, 0.25) is 0 Å². The van der Waals surface area contributed by atoms with Gasteiger partial charge >= 0.3 is 5.97 Å². The SMILES string of the molecule is COC(=O)C1(Oc2ccc(Oc3c(F)cnc(Oc4cc(C(=N)N)ccc4O)c3F)c(C3N=CCN3C)c2)CCCCCC1. The maximum absolute atomic E-state index is 15.7. The Morgan fingerprint density at radius 1 is 1.09 bits per heavy atom. The summed E-state index contributed by atoms with van der Waals surface area (Å²) in [5.74, 6) is -4.79. The molecule has 1 atom stereocenters. The van der Waals surface area contributed by atoms with E-state index in [2.05, 4.69) is 9.98 Å². The second kappa shape index (κ2) is 12.8. The number of carbonyl (C=O) groups excluding carboxylic acids is 1. The highest BCUT2D eigenvalue weighted by Gasteiger charge is 2.42. The number of phenols is 1. The minimum Gasteiger partial charge on any atom is -0.504 e. The number of nitrogens with zero attached hydrogens (tertiary/aromatic N) is 3. The number of methoxy groups -OCH3 is 1. The minimum absolute atomic E-state index is 0.0811. The Morgan fingerprint density at radius 2 is 1.84 bits per heavy atom. The van der Waals surface area contributed by atoms with Crippen LogP contribution in [0.4, 0.5) is 8.78 Å². The number of rotatable bonds is 9. The number of hydrogen-bond donors (Lipinski definition) is 3. The number of nitrogens with one attached hydrogen (secondary N) is 1. The fourth-order valence-electron chi connectivity index (χ4n) is 5.33. The number of aromatic hydroxyl groups is 1. The first-order chi connectivity index (χ1) is 21.1. The van der Waals surface area contributed by atoms with Gasteiger partial charge in [0.25, 0.3) is 5.88 Å². The molecule has 2 aromatic carbocycles. The first-order valence-electron chi connectivity index (χ1n) is 14.1. The van der Waals surface area contributed by atoms with Crippen molar-refractivity contribution >= 4 is 18.0 Å². The van der Waals surface area contributed by atoms with Gasteiger partial charge in [-0.2, -0.15) is 4.39 Å². The van der Waals surface area contributed by atoms with Gasteiger partial charge in [-0.3, -0.25) is 15.3 Å². The number of pyridine rings is 1. The number of aromatic nitrogens is 1. The highest BCUT2D eigenvalue weighted by atomic mass is 19.1. The molecule has 13 heteroatoms. The molecule has 0 spiro atoms. The van der Waals surface area contributed by atoms with Crippen molar-refractivity contribution in [2.75, 3.05) is 20.7 Å². The van der Waals surface area contributed by atoms with Gasteiger partial charge in [-0.15, -0.1) is 0 Å². The summed E-state index contributed by atoms with van der Waals surface area (Å²) in [6, 6.07) is 8.53. The summed E-state index contributed by atoms with van der Waals surface area (Å²) in [4.78, 5) is 23.0. The predicted octanol–water partition coefficient (Wildman–Crippen LogP) is 5.59. The maximum Gasteiger partial charge on any atom is 0.350 e. The van der Waals surface area contributed by atoms with Crippen molar-refractivity contribution < 1.29 is 37.6 Å². The van der Waals surface area contributed by atoms with Crippen molar-refractivity contribution in [3.05, 3.63) is 65.4 Å². The molecule has 11 nitrogen and oxygen atoms in total. The average Bonchev–Trinajstić information content (AvgIpc) is 3.29. The molecule has 0 amide bonds. The molecule has 0 saturated heterocycles.